The van der Waals surface area contributed by atoms with E-state index in [2.05, 4.69) is 24.7 Å². The molecule has 0 atom stereocenters. The lowest BCUT2D eigenvalue weighted by atomic mass is 10.2. The second kappa shape index (κ2) is 7.41. The summed E-state index contributed by atoms with van der Waals surface area (Å²) in [5.41, 5.74) is 2.75. The molecule has 0 spiro atoms. The topological polar surface area (TPSA) is 69.6 Å². The first-order valence-corrected chi connectivity index (χ1v) is 10.3. The number of thioether (sulfide) groups is 1. The van der Waals surface area contributed by atoms with Crippen molar-refractivity contribution in [1.29, 1.82) is 0 Å². The van der Waals surface area contributed by atoms with Crippen molar-refractivity contribution >= 4 is 23.4 Å². The van der Waals surface area contributed by atoms with Crippen molar-refractivity contribution in [3.05, 3.63) is 65.8 Å². The van der Waals surface area contributed by atoms with E-state index in [0.717, 1.165) is 40.6 Å². The maximum Gasteiger partial charge on any atom is 0.226 e. The second-order valence-electron chi connectivity index (χ2n) is 6.59. The predicted molar refractivity (Wildman–Crippen MR) is 108 cm³/mol. The first-order chi connectivity index (χ1) is 13.8. The summed E-state index contributed by atoms with van der Waals surface area (Å²) in [5.74, 6) is 2.13. The molecule has 1 aromatic carbocycles. The molecule has 3 aromatic heterocycles. The summed E-state index contributed by atoms with van der Waals surface area (Å²) in [6, 6.07) is 11.8. The zero-order valence-electron chi connectivity index (χ0n) is 14.8. The SMILES string of the molecule is Clc1ccc(-c2nc(CSc3nnc(-c4cccnc4)n3C3CC3)co2)cc1. The Morgan fingerprint density at radius 3 is 2.71 bits per heavy atom. The van der Waals surface area contributed by atoms with Crippen LogP contribution in [0.3, 0.4) is 0 Å². The van der Waals surface area contributed by atoms with Crippen molar-refractivity contribution in [2.75, 3.05) is 0 Å². The van der Waals surface area contributed by atoms with E-state index < -0.39 is 0 Å². The first-order valence-electron chi connectivity index (χ1n) is 8.96. The molecule has 0 saturated heterocycles. The molecule has 28 heavy (non-hydrogen) atoms. The minimum atomic E-state index is 0.467. The highest BCUT2D eigenvalue weighted by Gasteiger charge is 2.30. The number of benzene rings is 1. The van der Waals surface area contributed by atoms with E-state index in [9.17, 15) is 0 Å². The largest absolute Gasteiger partial charge is 0.444 e. The Morgan fingerprint density at radius 2 is 1.96 bits per heavy atom. The molecule has 1 aliphatic carbocycles. The fourth-order valence-corrected chi connectivity index (χ4v) is 3.97. The molecule has 1 saturated carbocycles. The Bertz CT molecular complexity index is 1090. The summed E-state index contributed by atoms with van der Waals surface area (Å²) in [6.45, 7) is 0. The van der Waals surface area contributed by atoms with Crippen LogP contribution in [0.4, 0.5) is 0 Å². The van der Waals surface area contributed by atoms with Crippen LogP contribution in [0.15, 0.2) is 64.6 Å². The van der Waals surface area contributed by atoms with Crippen LogP contribution in [0.2, 0.25) is 5.02 Å². The van der Waals surface area contributed by atoms with Crippen molar-refractivity contribution in [2.24, 2.45) is 0 Å². The molecule has 1 fully saturated rings. The number of hydrogen-bond donors (Lipinski definition) is 0. The summed E-state index contributed by atoms with van der Waals surface area (Å²) in [7, 11) is 0. The molecule has 0 radical (unpaired) electrons. The highest BCUT2D eigenvalue weighted by atomic mass is 35.5. The van der Waals surface area contributed by atoms with Crippen LogP contribution in [0, 0.1) is 0 Å². The van der Waals surface area contributed by atoms with Crippen molar-refractivity contribution in [3.63, 3.8) is 0 Å². The van der Waals surface area contributed by atoms with Gasteiger partial charge in [-0.15, -0.1) is 10.2 Å². The molecule has 6 nitrogen and oxygen atoms in total. The molecular weight excluding hydrogens is 394 g/mol. The third-order valence-electron chi connectivity index (χ3n) is 4.49. The molecule has 0 N–H and O–H groups in total. The minimum absolute atomic E-state index is 0.467. The maximum absolute atomic E-state index is 5.94. The second-order valence-corrected chi connectivity index (χ2v) is 7.97. The zero-order valence-corrected chi connectivity index (χ0v) is 16.4. The molecule has 140 valence electrons. The maximum atomic E-state index is 5.94. The molecule has 0 unspecified atom stereocenters. The van der Waals surface area contributed by atoms with Crippen molar-refractivity contribution in [3.8, 4) is 22.8 Å². The monoisotopic (exact) mass is 409 g/mol. The average Bonchev–Trinajstić information content (AvgIpc) is 3.30. The van der Waals surface area contributed by atoms with Crippen molar-refractivity contribution in [2.45, 2.75) is 29.8 Å². The van der Waals surface area contributed by atoms with E-state index in [1.165, 1.54) is 0 Å². The number of pyridine rings is 1. The quantitative estimate of drug-likeness (QED) is 0.404. The fourth-order valence-electron chi connectivity index (χ4n) is 2.97. The van der Waals surface area contributed by atoms with Crippen LogP contribution in [0.25, 0.3) is 22.8 Å². The van der Waals surface area contributed by atoms with Gasteiger partial charge in [-0.1, -0.05) is 23.4 Å². The summed E-state index contributed by atoms with van der Waals surface area (Å²) in [4.78, 5) is 8.79. The van der Waals surface area contributed by atoms with Gasteiger partial charge in [0.25, 0.3) is 0 Å². The molecule has 0 aliphatic heterocycles. The third kappa shape index (κ3) is 3.55. The Balaban J connectivity index is 1.35. The lowest BCUT2D eigenvalue weighted by Gasteiger charge is -2.07. The number of hydrogen-bond acceptors (Lipinski definition) is 6. The average molecular weight is 410 g/mol. The Morgan fingerprint density at radius 1 is 1.11 bits per heavy atom. The standard InChI is InChI=1S/C20H16ClN5OS/c21-15-5-3-13(4-6-15)19-23-16(11-27-19)12-28-20-25-24-18(26(20)17-7-8-17)14-2-1-9-22-10-14/h1-6,9-11,17H,7-8,12H2. The van der Waals surface area contributed by atoms with E-state index in [1.54, 1.807) is 24.2 Å². The number of rotatable bonds is 6. The van der Waals surface area contributed by atoms with E-state index in [-0.39, 0.29) is 0 Å². The lowest BCUT2D eigenvalue weighted by Crippen LogP contribution is -2.00. The normalized spacial score (nSPS) is 13.8. The van der Waals surface area contributed by atoms with Crippen molar-refractivity contribution < 1.29 is 4.42 Å². The van der Waals surface area contributed by atoms with Crippen LogP contribution < -0.4 is 0 Å². The highest BCUT2D eigenvalue weighted by Crippen LogP contribution is 2.41. The molecule has 4 aromatic rings. The molecular formula is C20H16ClN5OS. The van der Waals surface area contributed by atoms with Crippen LogP contribution in [-0.4, -0.2) is 24.7 Å². The van der Waals surface area contributed by atoms with Gasteiger partial charge in [-0.25, -0.2) is 4.98 Å². The minimum Gasteiger partial charge on any atom is -0.444 e. The van der Waals surface area contributed by atoms with Gasteiger partial charge in [0, 0.05) is 40.3 Å². The molecule has 0 bridgehead atoms. The first kappa shape index (κ1) is 17.5. The summed E-state index contributed by atoms with van der Waals surface area (Å²) in [6.07, 6.45) is 7.59. The van der Waals surface area contributed by atoms with Gasteiger partial charge in [0.05, 0.1) is 5.69 Å². The number of aromatic nitrogens is 5. The van der Waals surface area contributed by atoms with Crippen LogP contribution in [0.5, 0.6) is 0 Å². The van der Waals surface area contributed by atoms with Gasteiger partial charge in [-0.2, -0.15) is 0 Å². The van der Waals surface area contributed by atoms with Gasteiger partial charge in [-0.05, 0) is 49.2 Å². The third-order valence-corrected chi connectivity index (χ3v) is 5.72. The molecule has 1 aliphatic rings. The zero-order chi connectivity index (χ0) is 18.9. The number of oxazole rings is 1. The Kier molecular flexibility index (Phi) is 4.62. The highest BCUT2D eigenvalue weighted by molar-refractivity contribution is 7.98. The van der Waals surface area contributed by atoms with Gasteiger partial charge < -0.3 is 4.42 Å². The van der Waals surface area contributed by atoms with Crippen molar-refractivity contribution in [1.82, 2.24) is 24.7 Å². The fraction of sp³-hybridized carbons (Fsp3) is 0.200. The summed E-state index contributed by atoms with van der Waals surface area (Å²) < 4.78 is 7.85. The lowest BCUT2D eigenvalue weighted by molar-refractivity contribution is 0.573. The Labute approximate surface area is 171 Å². The van der Waals surface area contributed by atoms with E-state index in [4.69, 9.17) is 16.0 Å². The summed E-state index contributed by atoms with van der Waals surface area (Å²) in [5, 5.41) is 10.4. The molecule has 3 heterocycles. The van der Waals surface area contributed by atoms with Gasteiger partial charge in [-0.3, -0.25) is 9.55 Å². The molecule has 8 heteroatoms. The molecule has 0 amide bonds. The van der Waals surface area contributed by atoms with E-state index >= 15 is 0 Å². The number of halogens is 1. The van der Waals surface area contributed by atoms with Gasteiger partial charge >= 0.3 is 0 Å². The van der Waals surface area contributed by atoms with E-state index in [0.29, 0.717) is 22.7 Å². The number of nitrogens with zero attached hydrogens (tertiary/aromatic N) is 5. The van der Waals surface area contributed by atoms with Gasteiger partial charge in [0.1, 0.15) is 6.26 Å². The summed E-state index contributed by atoms with van der Waals surface area (Å²) >= 11 is 7.56. The Hall–Kier alpha value is -2.64. The van der Waals surface area contributed by atoms with Gasteiger partial charge in [0.2, 0.25) is 5.89 Å². The van der Waals surface area contributed by atoms with Crippen LogP contribution in [0.1, 0.15) is 24.6 Å². The van der Waals surface area contributed by atoms with Crippen LogP contribution >= 0.6 is 23.4 Å². The molecule has 5 rings (SSSR count). The smallest absolute Gasteiger partial charge is 0.226 e. The van der Waals surface area contributed by atoms with Crippen LogP contribution in [-0.2, 0) is 5.75 Å². The van der Waals surface area contributed by atoms with Gasteiger partial charge in [0.15, 0.2) is 11.0 Å². The predicted octanol–water partition coefficient (Wildman–Crippen LogP) is 5.28. The van der Waals surface area contributed by atoms with E-state index in [1.807, 2.05) is 42.6 Å².